The molecule has 1 aromatic rings. The number of Topliss-reactive ketones (excluding diaryl/α,β-unsaturated/α-hetero) is 1. The van der Waals surface area contributed by atoms with Gasteiger partial charge in [-0.2, -0.15) is 0 Å². The molecule has 18 heavy (non-hydrogen) atoms. The number of ether oxygens (including phenoxy) is 1. The van der Waals surface area contributed by atoms with Crippen molar-refractivity contribution in [3.05, 3.63) is 28.8 Å². The Bertz CT molecular complexity index is 456. The SMILES string of the molecule is COc1cc(C(C)(C)C(C)C)cc(C(C)=O)c1C. The van der Waals surface area contributed by atoms with Gasteiger partial charge >= 0.3 is 0 Å². The minimum absolute atomic E-state index is 0.0190. The van der Waals surface area contributed by atoms with Gasteiger partial charge < -0.3 is 4.74 Å². The van der Waals surface area contributed by atoms with Crippen LogP contribution in [0.25, 0.3) is 0 Å². The fourth-order valence-corrected chi connectivity index (χ4v) is 1.97. The first kappa shape index (κ1) is 14.7. The summed E-state index contributed by atoms with van der Waals surface area (Å²) in [5.74, 6) is 1.38. The summed E-state index contributed by atoms with van der Waals surface area (Å²) in [5, 5.41) is 0. The minimum atomic E-state index is 0.0190. The number of ketones is 1. The molecule has 0 bridgehead atoms. The lowest BCUT2D eigenvalue weighted by atomic mass is 9.74. The standard InChI is InChI=1S/C16H24O2/c1-10(2)16(5,6)13-8-14(12(4)17)11(3)15(9-13)18-7/h8-10H,1-7H3. The van der Waals surface area contributed by atoms with Crippen LogP contribution in [0.2, 0.25) is 0 Å². The molecular weight excluding hydrogens is 224 g/mol. The molecule has 0 aromatic heterocycles. The maximum Gasteiger partial charge on any atom is 0.160 e. The van der Waals surface area contributed by atoms with Crippen LogP contribution in [0.3, 0.4) is 0 Å². The molecule has 0 amide bonds. The van der Waals surface area contributed by atoms with Crippen molar-refractivity contribution in [2.75, 3.05) is 7.11 Å². The van der Waals surface area contributed by atoms with Crippen molar-refractivity contribution < 1.29 is 9.53 Å². The van der Waals surface area contributed by atoms with Crippen molar-refractivity contribution in [1.82, 2.24) is 0 Å². The van der Waals surface area contributed by atoms with E-state index in [1.807, 2.05) is 13.0 Å². The van der Waals surface area contributed by atoms with Gasteiger partial charge in [-0.3, -0.25) is 4.79 Å². The van der Waals surface area contributed by atoms with Gasteiger partial charge in [0.05, 0.1) is 7.11 Å². The second-order valence-electron chi connectivity index (χ2n) is 5.78. The van der Waals surface area contributed by atoms with Crippen molar-refractivity contribution >= 4 is 5.78 Å². The van der Waals surface area contributed by atoms with Crippen LogP contribution >= 0.6 is 0 Å². The average molecular weight is 248 g/mol. The van der Waals surface area contributed by atoms with E-state index in [2.05, 4.69) is 33.8 Å². The lowest BCUT2D eigenvalue weighted by Crippen LogP contribution is -2.25. The van der Waals surface area contributed by atoms with Gasteiger partial charge in [0, 0.05) is 11.1 Å². The topological polar surface area (TPSA) is 26.3 Å². The molecular formula is C16H24O2. The molecule has 0 aliphatic heterocycles. The Balaban J connectivity index is 3.48. The first-order valence-corrected chi connectivity index (χ1v) is 6.41. The number of carbonyl (C=O) groups excluding carboxylic acids is 1. The Morgan fingerprint density at radius 2 is 1.83 bits per heavy atom. The Hall–Kier alpha value is -1.31. The molecule has 0 saturated heterocycles. The Kier molecular flexibility index (Phi) is 4.20. The van der Waals surface area contributed by atoms with Crippen molar-refractivity contribution in [3.8, 4) is 5.75 Å². The normalized spacial score (nSPS) is 11.8. The van der Waals surface area contributed by atoms with Gasteiger partial charge in [0.2, 0.25) is 0 Å². The quantitative estimate of drug-likeness (QED) is 0.748. The van der Waals surface area contributed by atoms with Crippen LogP contribution in [0.1, 0.15) is 56.1 Å². The summed E-state index contributed by atoms with van der Waals surface area (Å²) >= 11 is 0. The summed E-state index contributed by atoms with van der Waals surface area (Å²) in [6.07, 6.45) is 0. The van der Waals surface area contributed by atoms with Crippen LogP contribution in [0.5, 0.6) is 5.75 Å². The molecule has 0 heterocycles. The van der Waals surface area contributed by atoms with Crippen LogP contribution in [-0.2, 0) is 5.41 Å². The van der Waals surface area contributed by atoms with E-state index in [1.165, 1.54) is 0 Å². The summed E-state index contributed by atoms with van der Waals surface area (Å²) in [4.78, 5) is 11.7. The third-order valence-electron chi connectivity index (χ3n) is 4.15. The van der Waals surface area contributed by atoms with E-state index in [9.17, 15) is 4.79 Å². The van der Waals surface area contributed by atoms with Gasteiger partial charge in [-0.05, 0) is 42.9 Å². The minimum Gasteiger partial charge on any atom is -0.496 e. The molecule has 0 saturated carbocycles. The second kappa shape index (κ2) is 5.13. The fraction of sp³-hybridized carbons (Fsp3) is 0.562. The van der Waals surface area contributed by atoms with Crippen molar-refractivity contribution in [2.24, 2.45) is 5.92 Å². The smallest absolute Gasteiger partial charge is 0.160 e. The van der Waals surface area contributed by atoms with Crippen LogP contribution in [-0.4, -0.2) is 12.9 Å². The zero-order chi connectivity index (χ0) is 14.1. The third-order valence-corrected chi connectivity index (χ3v) is 4.15. The molecule has 2 heteroatoms. The van der Waals surface area contributed by atoms with E-state index < -0.39 is 0 Å². The van der Waals surface area contributed by atoms with Gasteiger partial charge in [0.15, 0.2) is 5.78 Å². The first-order chi connectivity index (χ1) is 8.21. The maximum atomic E-state index is 11.7. The molecule has 100 valence electrons. The van der Waals surface area contributed by atoms with E-state index in [4.69, 9.17) is 4.74 Å². The third kappa shape index (κ3) is 2.58. The highest BCUT2D eigenvalue weighted by Crippen LogP contribution is 2.36. The Morgan fingerprint density at radius 1 is 1.28 bits per heavy atom. The van der Waals surface area contributed by atoms with Crippen molar-refractivity contribution in [1.29, 1.82) is 0 Å². The van der Waals surface area contributed by atoms with E-state index in [1.54, 1.807) is 14.0 Å². The average Bonchev–Trinajstić information content (AvgIpc) is 2.28. The molecule has 0 unspecified atom stereocenters. The number of rotatable bonds is 4. The van der Waals surface area contributed by atoms with Gasteiger partial charge in [0.25, 0.3) is 0 Å². The lowest BCUT2D eigenvalue weighted by molar-refractivity contribution is 0.101. The van der Waals surface area contributed by atoms with Gasteiger partial charge in [-0.25, -0.2) is 0 Å². The Labute approximate surface area is 110 Å². The molecule has 0 aliphatic rings. The summed E-state index contributed by atoms with van der Waals surface area (Å²) in [6, 6.07) is 4.07. The predicted molar refractivity (Wildman–Crippen MR) is 75.6 cm³/mol. The Morgan fingerprint density at radius 3 is 2.22 bits per heavy atom. The molecule has 0 aliphatic carbocycles. The molecule has 1 aromatic carbocycles. The number of hydrogen-bond acceptors (Lipinski definition) is 2. The number of hydrogen-bond donors (Lipinski definition) is 0. The molecule has 0 atom stereocenters. The van der Waals surface area contributed by atoms with Gasteiger partial charge in [-0.1, -0.05) is 27.7 Å². The van der Waals surface area contributed by atoms with Gasteiger partial charge in [0.1, 0.15) is 5.75 Å². The first-order valence-electron chi connectivity index (χ1n) is 6.41. The number of carbonyl (C=O) groups is 1. The molecule has 0 N–H and O–H groups in total. The van der Waals surface area contributed by atoms with Crippen molar-refractivity contribution in [2.45, 2.75) is 47.0 Å². The predicted octanol–water partition coefficient (Wildman–Crippen LogP) is 4.14. The summed E-state index contributed by atoms with van der Waals surface area (Å²) in [7, 11) is 1.65. The second-order valence-corrected chi connectivity index (χ2v) is 5.78. The largest absolute Gasteiger partial charge is 0.496 e. The van der Waals surface area contributed by atoms with Crippen LogP contribution in [0.15, 0.2) is 12.1 Å². The molecule has 0 spiro atoms. The molecule has 2 nitrogen and oxygen atoms in total. The highest BCUT2D eigenvalue weighted by Gasteiger charge is 2.27. The van der Waals surface area contributed by atoms with E-state index >= 15 is 0 Å². The summed E-state index contributed by atoms with van der Waals surface area (Å²) in [5.41, 5.74) is 2.86. The zero-order valence-electron chi connectivity index (χ0n) is 12.5. The van der Waals surface area contributed by atoms with E-state index in [0.717, 1.165) is 22.4 Å². The summed E-state index contributed by atoms with van der Waals surface area (Å²) < 4.78 is 5.40. The molecule has 1 rings (SSSR count). The van der Waals surface area contributed by atoms with Crippen LogP contribution in [0.4, 0.5) is 0 Å². The highest BCUT2D eigenvalue weighted by molar-refractivity contribution is 5.96. The molecule has 0 radical (unpaired) electrons. The fourth-order valence-electron chi connectivity index (χ4n) is 1.97. The number of benzene rings is 1. The number of methoxy groups -OCH3 is 1. The monoisotopic (exact) mass is 248 g/mol. The van der Waals surface area contributed by atoms with Gasteiger partial charge in [-0.15, -0.1) is 0 Å². The maximum absolute atomic E-state index is 11.7. The van der Waals surface area contributed by atoms with Crippen molar-refractivity contribution in [3.63, 3.8) is 0 Å². The molecule has 0 fully saturated rings. The van der Waals surface area contributed by atoms with Crippen LogP contribution < -0.4 is 4.74 Å². The zero-order valence-corrected chi connectivity index (χ0v) is 12.5. The lowest BCUT2D eigenvalue weighted by Gasteiger charge is -2.31. The summed E-state index contributed by atoms with van der Waals surface area (Å²) in [6.45, 7) is 12.3. The van der Waals surface area contributed by atoms with E-state index in [0.29, 0.717) is 5.92 Å². The van der Waals surface area contributed by atoms with E-state index in [-0.39, 0.29) is 11.2 Å². The van der Waals surface area contributed by atoms with Crippen LogP contribution in [0, 0.1) is 12.8 Å². The highest BCUT2D eigenvalue weighted by atomic mass is 16.5.